The van der Waals surface area contributed by atoms with Gasteiger partial charge in [-0.2, -0.15) is 0 Å². The predicted molar refractivity (Wildman–Crippen MR) is 103 cm³/mol. The number of aliphatic hydroxyl groups is 2. The summed E-state index contributed by atoms with van der Waals surface area (Å²) in [6, 6.07) is 7.66. The van der Waals surface area contributed by atoms with Gasteiger partial charge in [-0.05, 0) is 24.1 Å². The van der Waals surface area contributed by atoms with Crippen LogP contribution in [0.3, 0.4) is 0 Å². The van der Waals surface area contributed by atoms with Crippen molar-refractivity contribution >= 4 is 18.5 Å². The van der Waals surface area contributed by atoms with Gasteiger partial charge < -0.3 is 14.9 Å². The zero-order chi connectivity index (χ0) is 17.2. The molecule has 0 aromatic heterocycles. The molecular weight excluding hydrogens is 338 g/mol. The second-order valence-electron chi connectivity index (χ2n) is 7.07. The smallest absolute Gasteiger partial charge is 0.208 e. The molecule has 0 bridgehead atoms. The number of para-hydroxylation sites is 1. The second-order valence-corrected chi connectivity index (χ2v) is 7.07. The van der Waals surface area contributed by atoms with Gasteiger partial charge in [-0.3, -0.25) is 5.32 Å². The summed E-state index contributed by atoms with van der Waals surface area (Å²) in [6.07, 6.45) is 8.44. The van der Waals surface area contributed by atoms with Gasteiger partial charge in [-0.25, -0.2) is 0 Å². The van der Waals surface area contributed by atoms with Crippen molar-refractivity contribution in [2.75, 3.05) is 13.2 Å². The number of aliphatic hydroxyl groups excluding tert-OH is 2. The highest BCUT2D eigenvalue weighted by molar-refractivity contribution is 5.85. The fourth-order valence-corrected chi connectivity index (χ4v) is 3.03. The van der Waals surface area contributed by atoms with Crippen LogP contribution >= 0.6 is 12.4 Å². The van der Waals surface area contributed by atoms with Gasteiger partial charge in [0.1, 0.15) is 11.5 Å². The van der Waals surface area contributed by atoms with E-state index in [0.717, 1.165) is 17.7 Å². The van der Waals surface area contributed by atoms with Gasteiger partial charge in [-0.15, -0.1) is 12.4 Å². The molecule has 1 heterocycles. The highest BCUT2D eigenvalue weighted by atomic mass is 35.5. The molecule has 2 unspecified atom stereocenters. The number of hydrogen-bond donors (Lipinski definition) is 3. The lowest BCUT2D eigenvalue weighted by Crippen LogP contribution is -2.43. The molecular formula is C20H26ClNO3. The van der Waals surface area contributed by atoms with Crippen LogP contribution in [0.1, 0.15) is 25.8 Å². The Hall–Kier alpha value is -1.75. The van der Waals surface area contributed by atoms with E-state index in [1.807, 2.05) is 24.3 Å². The van der Waals surface area contributed by atoms with E-state index in [9.17, 15) is 10.2 Å². The summed E-state index contributed by atoms with van der Waals surface area (Å²) in [5, 5.41) is 22.7. The van der Waals surface area contributed by atoms with Gasteiger partial charge in [0.05, 0.1) is 0 Å². The molecule has 5 heteroatoms. The van der Waals surface area contributed by atoms with E-state index in [1.54, 1.807) is 6.08 Å². The number of hydrogen-bond acceptors (Lipinski definition) is 4. The number of allylic oxidation sites excluding steroid dienone is 2. The van der Waals surface area contributed by atoms with Gasteiger partial charge in [0.2, 0.25) is 6.23 Å². The van der Waals surface area contributed by atoms with Crippen LogP contribution in [0.5, 0.6) is 5.75 Å². The average molecular weight is 364 g/mol. The maximum atomic E-state index is 10.2. The molecule has 2 atom stereocenters. The Balaban J connectivity index is 0.00000225. The quantitative estimate of drug-likeness (QED) is 0.743. The topological polar surface area (TPSA) is 61.7 Å². The maximum absolute atomic E-state index is 10.2. The molecule has 1 aliphatic heterocycles. The van der Waals surface area contributed by atoms with E-state index in [-0.39, 0.29) is 36.1 Å². The number of rotatable bonds is 5. The molecule has 0 fully saturated rings. The van der Waals surface area contributed by atoms with Crippen molar-refractivity contribution in [2.24, 2.45) is 11.3 Å². The van der Waals surface area contributed by atoms with E-state index < -0.39 is 6.23 Å². The molecule has 0 radical (unpaired) electrons. The van der Waals surface area contributed by atoms with Gasteiger partial charge in [0.25, 0.3) is 0 Å². The van der Waals surface area contributed by atoms with Gasteiger partial charge in [0, 0.05) is 30.0 Å². The molecule has 3 rings (SSSR count). The highest BCUT2D eigenvalue weighted by Crippen LogP contribution is 2.32. The number of ether oxygens (including phenoxy) is 1. The van der Waals surface area contributed by atoms with E-state index in [4.69, 9.17) is 4.74 Å². The Morgan fingerprint density at radius 3 is 2.72 bits per heavy atom. The molecule has 0 spiro atoms. The van der Waals surface area contributed by atoms with Crippen LogP contribution < -0.4 is 10.1 Å². The fraction of sp³-hybridized carbons (Fsp3) is 0.400. The van der Waals surface area contributed by atoms with E-state index in [0.29, 0.717) is 6.54 Å². The maximum Gasteiger partial charge on any atom is 0.208 e. The first-order valence-corrected chi connectivity index (χ1v) is 8.39. The minimum atomic E-state index is -0.530. The third-order valence-electron chi connectivity index (χ3n) is 4.67. The highest BCUT2D eigenvalue weighted by Gasteiger charge is 2.28. The lowest BCUT2D eigenvalue weighted by Gasteiger charge is -2.32. The number of halogens is 1. The minimum Gasteiger partial charge on any atom is -0.507 e. The summed E-state index contributed by atoms with van der Waals surface area (Å²) < 4.78 is 5.86. The molecule has 3 N–H and O–H groups in total. The van der Waals surface area contributed by atoms with E-state index in [1.165, 1.54) is 5.57 Å². The monoisotopic (exact) mass is 363 g/mol. The predicted octanol–water partition coefficient (Wildman–Crippen LogP) is 3.84. The summed E-state index contributed by atoms with van der Waals surface area (Å²) in [5.41, 5.74) is 2.03. The first-order chi connectivity index (χ1) is 11.5. The first kappa shape index (κ1) is 19.6. The van der Waals surface area contributed by atoms with Crippen molar-refractivity contribution in [1.82, 2.24) is 5.32 Å². The zero-order valence-electron chi connectivity index (χ0n) is 14.6. The summed E-state index contributed by atoms with van der Waals surface area (Å²) in [5.74, 6) is 1.19. The number of nitrogens with one attached hydrogen (secondary N) is 1. The van der Waals surface area contributed by atoms with E-state index >= 15 is 0 Å². The van der Waals surface area contributed by atoms with Crippen molar-refractivity contribution in [2.45, 2.75) is 26.5 Å². The van der Waals surface area contributed by atoms with E-state index in [2.05, 4.69) is 37.4 Å². The Morgan fingerprint density at radius 1 is 1.28 bits per heavy atom. The minimum absolute atomic E-state index is 0. The van der Waals surface area contributed by atoms with Crippen LogP contribution in [-0.4, -0.2) is 29.6 Å². The van der Waals surface area contributed by atoms with Gasteiger partial charge in [0.15, 0.2) is 0 Å². The van der Waals surface area contributed by atoms with Crippen LogP contribution in [0.4, 0.5) is 0 Å². The Labute approximate surface area is 155 Å². The summed E-state index contributed by atoms with van der Waals surface area (Å²) >= 11 is 0. The van der Waals surface area contributed by atoms with Gasteiger partial charge >= 0.3 is 0 Å². The SMILES string of the molecule is CC(C)(CNC1Oc2ccccc2C=C1O)C1=CCC(CO)C=C1.Cl. The Kier molecular flexibility index (Phi) is 6.33. The van der Waals surface area contributed by atoms with Crippen molar-refractivity contribution in [1.29, 1.82) is 0 Å². The average Bonchev–Trinajstić information content (AvgIpc) is 2.60. The van der Waals surface area contributed by atoms with Crippen LogP contribution in [0.2, 0.25) is 0 Å². The third kappa shape index (κ3) is 4.46. The van der Waals surface area contributed by atoms with Crippen molar-refractivity contribution in [3.8, 4) is 5.75 Å². The zero-order valence-corrected chi connectivity index (χ0v) is 15.4. The molecule has 1 aromatic rings. The van der Waals surface area contributed by atoms with Crippen molar-refractivity contribution < 1.29 is 14.9 Å². The van der Waals surface area contributed by atoms with Crippen LogP contribution in [0, 0.1) is 11.3 Å². The molecule has 136 valence electrons. The summed E-state index contributed by atoms with van der Waals surface area (Å²) in [6.45, 7) is 5.17. The molecule has 1 aliphatic carbocycles. The third-order valence-corrected chi connectivity index (χ3v) is 4.67. The fourth-order valence-electron chi connectivity index (χ4n) is 3.03. The normalized spacial score (nSPS) is 22.2. The molecule has 0 amide bonds. The molecule has 25 heavy (non-hydrogen) atoms. The molecule has 0 saturated heterocycles. The second kappa shape index (κ2) is 8.09. The van der Waals surface area contributed by atoms with Crippen LogP contribution in [0.25, 0.3) is 6.08 Å². The number of benzene rings is 1. The lowest BCUT2D eigenvalue weighted by atomic mass is 9.80. The lowest BCUT2D eigenvalue weighted by molar-refractivity contribution is 0.131. The Morgan fingerprint density at radius 2 is 2.04 bits per heavy atom. The summed E-state index contributed by atoms with van der Waals surface area (Å²) in [7, 11) is 0. The molecule has 1 aromatic carbocycles. The Bertz CT molecular complexity index is 694. The van der Waals surface area contributed by atoms with Crippen molar-refractivity contribution in [3.63, 3.8) is 0 Å². The van der Waals surface area contributed by atoms with Crippen LogP contribution in [0.15, 0.2) is 53.8 Å². The standard InChI is InChI=1S/C20H25NO3.ClH/c1-20(2,16-9-7-14(12-22)8-10-16)13-21-19-17(23)11-15-5-3-4-6-18(15)24-19;/h3-7,9-11,14,19,21-23H,8,12-13H2,1-2H3;1H. The molecule has 4 nitrogen and oxygen atoms in total. The van der Waals surface area contributed by atoms with Gasteiger partial charge in [-0.1, -0.05) is 50.3 Å². The van der Waals surface area contributed by atoms with Crippen molar-refractivity contribution in [3.05, 3.63) is 59.4 Å². The molecule has 0 saturated carbocycles. The number of fused-ring (bicyclic) bond motifs is 1. The first-order valence-electron chi connectivity index (χ1n) is 8.39. The molecule has 2 aliphatic rings. The largest absolute Gasteiger partial charge is 0.507 e. The van der Waals surface area contributed by atoms with Crippen LogP contribution in [-0.2, 0) is 0 Å². The summed E-state index contributed by atoms with van der Waals surface area (Å²) in [4.78, 5) is 0.